The van der Waals surface area contributed by atoms with E-state index in [9.17, 15) is 26.8 Å². The van der Waals surface area contributed by atoms with Crippen LogP contribution in [0.2, 0.25) is 0 Å². The molecule has 0 unspecified atom stereocenters. The van der Waals surface area contributed by atoms with Gasteiger partial charge < -0.3 is 4.74 Å². The molecule has 0 saturated carbocycles. The molecular formula is C20H24N4O7S2. The van der Waals surface area contributed by atoms with E-state index in [0.29, 0.717) is 17.9 Å². The summed E-state index contributed by atoms with van der Waals surface area (Å²) < 4.78 is 59.3. The van der Waals surface area contributed by atoms with Crippen LogP contribution >= 0.6 is 0 Å². The first-order valence-electron chi connectivity index (χ1n) is 10.2. The number of benzene rings is 1. The molecule has 0 spiro atoms. The van der Waals surface area contributed by atoms with E-state index in [1.54, 1.807) is 30.0 Å². The molecule has 0 aliphatic carbocycles. The quantitative estimate of drug-likeness (QED) is 0.441. The summed E-state index contributed by atoms with van der Waals surface area (Å²) in [6, 6.07) is 7.15. The Morgan fingerprint density at radius 2 is 1.73 bits per heavy atom. The zero-order valence-corrected chi connectivity index (χ0v) is 19.4. The number of aromatic nitrogens is 1. The molecule has 1 aromatic carbocycles. The molecule has 2 aliphatic heterocycles. The fourth-order valence-corrected chi connectivity index (χ4v) is 7.12. The Morgan fingerprint density at radius 1 is 1.09 bits per heavy atom. The van der Waals surface area contributed by atoms with Crippen molar-refractivity contribution in [2.24, 2.45) is 5.92 Å². The molecule has 3 heterocycles. The molecule has 2 fully saturated rings. The van der Waals surface area contributed by atoms with E-state index in [1.165, 1.54) is 28.6 Å². The van der Waals surface area contributed by atoms with Crippen molar-refractivity contribution in [3.63, 3.8) is 0 Å². The monoisotopic (exact) mass is 496 g/mol. The molecule has 178 valence electrons. The Labute approximate surface area is 192 Å². The van der Waals surface area contributed by atoms with E-state index >= 15 is 0 Å². The Balaban J connectivity index is 1.65. The number of piperidine rings is 1. The van der Waals surface area contributed by atoms with Gasteiger partial charge in [-0.2, -0.15) is 4.31 Å². The Kier molecular flexibility index (Phi) is 6.42. The second-order valence-electron chi connectivity index (χ2n) is 8.06. The van der Waals surface area contributed by atoms with Gasteiger partial charge in [0, 0.05) is 31.5 Å². The smallest absolute Gasteiger partial charge is 0.261 e. The highest BCUT2D eigenvalue weighted by Crippen LogP contribution is 2.40. The summed E-state index contributed by atoms with van der Waals surface area (Å²) >= 11 is 0. The second-order valence-corrected chi connectivity index (χ2v) is 11.9. The van der Waals surface area contributed by atoms with Gasteiger partial charge in [0.1, 0.15) is 17.5 Å². The van der Waals surface area contributed by atoms with Crippen molar-refractivity contribution in [1.82, 2.24) is 19.1 Å². The largest absolute Gasteiger partial charge is 0.457 e. The SMILES string of the molecule is CS(=O)(=O)N1CC[C@H]2C[C@@H](C(=O)NO)N(S(=O)(=O)c3ccc(Oc4ccncc4)cc3)[C@H]2C1. The standard InChI is InChI=1S/C20H24N4O7S2/c1-32(27,28)23-11-8-14-12-18(20(25)22-26)24(19(14)13-23)33(29,30)17-4-2-15(3-5-17)31-16-6-9-21-10-7-16/h2-7,9-10,14,18-19,26H,8,11-13H2,1H3,(H,22,25)/t14-,18-,19-/m0/s1. The number of carbonyl (C=O) groups is 1. The first-order chi connectivity index (χ1) is 15.6. The van der Waals surface area contributed by atoms with Gasteiger partial charge in [0.05, 0.1) is 11.2 Å². The average Bonchev–Trinajstić information content (AvgIpc) is 3.19. The molecule has 2 aliphatic rings. The zero-order chi connectivity index (χ0) is 23.8. The summed E-state index contributed by atoms with van der Waals surface area (Å²) in [5, 5.41) is 9.19. The van der Waals surface area contributed by atoms with Gasteiger partial charge in [-0.3, -0.25) is 15.0 Å². The van der Waals surface area contributed by atoms with Crippen molar-refractivity contribution in [1.29, 1.82) is 0 Å². The van der Waals surface area contributed by atoms with E-state index in [1.807, 2.05) is 0 Å². The zero-order valence-electron chi connectivity index (χ0n) is 17.7. The minimum Gasteiger partial charge on any atom is -0.457 e. The summed E-state index contributed by atoms with van der Waals surface area (Å²) in [6.07, 6.45) is 4.80. The van der Waals surface area contributed by atoms with Gasteiger partial charge in [-0.1, -0.05) is 0 Å². The second kappa shape index (κ2) is 8.99. The number of carbonyl (C=O) groups excluding carboxylic acids is 1. The Hall–Kier alpha value is -2.58. The maximum absolute atomic E-state index is 13.6. The number of nitrogens with zero attached hydrogens (tertiary/aromatic N) is 3. The molecule has 1 aromatic heterocycles. The van der Waals surface area contributed by atoms with Crippen LogP contribution in [0.15, 0.2) is 53.7 Å². The van der Waals surface area contributed by atoms with Gasteiger partial charge in [-0.15, -0.1) is 0 Å². The van der Waals surface area contributed by atoms with Gasteiger partial charge in [-0.25, -0.2) is 26.6 Å². The molecule has 2 aromatic rings. The number of amides is 1. The van der Waals surface area contributed by atoms with Crippen LogP contribution in [0.3, 0.4) is 0 Å². The van der Waals surface area contributed by atoms with Crippen molar-refractivity contribution < 1.29 is 31.6 Å². The minimum atomic E-state index is -4.20. The van der Waals surface area contributed by atoms with E-state index in [-0.39, 0.29) is 30.3 Å². The third-order valence-electron chi connectivity index (χ3n) is 6.01. The van der Waals surface area contributed by atoms with E-state index < -0.39 is 38.0 Å². The number of ether oxygens (including phenoxy) is 1. The van der Waals surface area contributed by atoms with E-state index in [4.69, 9.17) is 4.74 Å². The Bertz CT molecular complexity index is 1220. The van der Waals surface area contributed by atoms with Crippen molar-refractivity contribution in [2.75, 3.05) is 19.3 Å². The van der Waals surface area contributed by atoms with Crippen LogP contribution < -0.4 is 10.2 Å². The van der Waals surface area contributed by atoms with Crippen LogP contribution in [0, 0.1) is 5.92 Å². The number of hydrogen-bond donors (Lipinski definition) is 2. The third-order valence-corrected chi connectivity index (χ3v) is 9.23. The summed E-state index contributed by atoms with van der Waals surface area (Å²) in [6.45, 7) is 0.198. The fraction of sp³-hybridized carbons (Fsp3) is 0.400. The number of nitrogens with one attached hydrogen (secondary N) is 1. The van der Waals surface area contributed by atoms with Crippen molar-refractivity contribution in [2.45, 2.75) is 29.8 Å². The van der Waals surface area contributed by atoms with Gasteiger partial charge in [-0.05, 0) is 55.2 Å². The van der Waals surface area contributed by atoms with Crippen molar-refractivity contribution in [3.8, 4) is 11.5 Å². The molecule has 0 radical (unpaired) electrons. The molecule has 2 saturated heterocycles. The molecule has 3 atom stereocenters. The van der Waals surface area contributed by atoms with Gasteiger partial charge >= 0.3 is 0 Å². The number of hydroxylamine groups is 1. The van der Waals surface area contributed by atoms with E-state index in [2.05, 4.69) is 4.98 Å². The maximum Gasteiger partial charge on any atom is 0.261 e. The highest BCUT2D eigenvalue weighted by atomic mass is 32.2. The topological polar surface area (TPSA) is 146 Å². The van der Waals surface area contributed by atoms with Crippen molar-refractivity contribution >= 4 is 26.0 Å². The lowest BCUT2D eigenvalue weighted by Gasteiger charge is -2.37. The van der Waals surface area contributed by atoms with Crippen LogP contribution in [0.25, 0.3) is 0 Å². The number of fused-ring (bicyclic) bond motifs is 1. The molecule has 1 amide bonds. The normalized spacial score (nSPS) is 24.2. The average molecular weight is 497 g/mol. The lowest BCUT2D eigenvalue weighted by molar-refractivity contribution is -0.132. The van der Waals surface area contributed by atoms with Crippen LogP contribution in [0.4, 0.5) is 0 Å². The molecule has 4 rings (SSSR count). The Morgan fingerprint density at radius 3 is 2.33 bits per heavy atom. The summed E-state index contributed by atoms with van der Waals surface area (Å²) in [4.78, 5) is 16.2. The van der Waals surface area contributed by atoms with Crippen LogP contribution in [0.1, 0.15) is 12.8 Å². The van der Waals surface area contributed by atoms with Gasteiger partial charge in [0.2, 0.25) is 20.0 Å². The highest BCUT2D eigenvalue weighted by molar-refractivity contribution is 7.89. The molecule has 33 heavy (non-hydrogen) atoms. The van der Waals surface area contributed by atoms with Gasteiger partial charge in [0.25, 0.3) is 5.91 Å². The van der Waals surface area contributed by atoms with Crippen molar-refractivity contribution in [3.05, 3.63) is 48.8 Å². The first-order valence-corrected chi connectivity index (χ1v) is 13.5. The maximum atomic E-state index is 13.6. The molecular weight excluding hydrogens is 472 g/mol. The molecule has 13 heteroatoms. The fourth-order valence-electron chi connectivity index (χ4n) is 4.42. The number of rotatable bonds is 6. The number of sulfonamides is 2. The van der Waals surface area contributed by atoms with E-state index in [0.717, 1.165) is 10.6 Å². The minimum absolute atomic E-state index is 0.0544. The first kappa shape index (κ1) is 23.6. The third kappa shape index (κ3) is 4.73. The van der Waals surface area contributed by atoms with Crippen LogP contribution in [-0.2, 0) is 24.8 Å². The summed E-state index contributed by atoms with van der Waals surface area (Å²) in [7, 11) is -7.73. The number of hydrogen-bond acceptors (Lipinski definition) is 8. The van der Waals surface area contributed by atoms with Crippen LogP contribution in [0.5, 0.6) is 11.5 Å². The van der Waals surface area contributed by atoms with Gasteiger partial charge in [0.15, 0.2) is 0 Å². The lowest BCUT2D eigenvalue weighted by atomic mass is 9.92. The summed E-state index contributed by atoms with van der Waals surface area (Å²) in [5.41, 5.74) is 1.55. The number of pyridine rings is 1. The predicted molar refractivity (Wildman–Crippen MR) is 116 cm³/mol. The summed E-state index contributed by atoms with van der Waals surface area (Å²) in [5.74, 6) is -0.123. The molecule has 0 bridgehead atoms. The lowest BCUT2D eigenvalue weighted by Crippen LogP contribution is -2.54. The van der Waals surface area contributed by atoms with Crippen LogP contribution in [-0.4, -0.2) is 73.0 Å². The molecule has 11 nitrogen and oxygen atoms in total. The molecule has 2 N–H and O–H groups in total. The predicted octanol–water partition coefficient (Wildman–Crippen LogP) is 0.792. The highest BCUT2D eigenvalue weighted by Gasteiger charge is 2.53.